The van der Waals surface area contributed by atoms with Gasteiger partial charge in [-0.05, 0) is 13.3 Å². The van der Waals surface area contributed by atoms with Crippen molar-refractivity contribution in [2.45, 2.75) is 26.7 Å². The van der Waals surface area contributed by atoms with Gasteiger partial charge in [-0.1, -0.05) is 13.3 Å². The number of ether oxygens (including phenoxy) is 1. The molecular formula is C11H18N2O2. The standard InChI is InChI=1S/C11H18N2O2/c1-4-6-10(7-12)8-13(3)9-11(14)15-5-2/h8H,4-6,9H2,1-3H3. The van der Waals surface area contributed by atoms with E-state index in [9.17, 15) is 4.79 Å². The number of hydrogen-bond donors (Lipinski definition) is 0. The monoisotopic (exact) mass is 210 g/mol. The summed E-state index contributed by atoms with van der Waals surface area (Å²) in [7, 11) is 1.75. The minimum absolute atomic E-state index is 0.183. The van der Waals surface area contributed by atoms with Crippen molar-refractivity contribution in [3.05, 3.63) is 11.8 Å². The summed E-state index contributed by atoms with van der Waals surface area (Å²) in [6.07, 6.45) is 3.36. The van der Waals surface area contributed by atoms with E-state index in [2.05, 4.69) is 6.07 Å². The molecule has 0 aromatic carbocycles. The average Bonchev–Trinajstić information content (AvgIpc) is 2.17. The number of likely N-dealkylation sites (N-methyl/N-ethyl adjacent to an activating group) is 1. The highest BCUT2D eigenvalue weighted by molar-refractivity contribution is 5.71. The van der Waals surface area contributed by atoms with Gasteiger partial charge in [0.15, 0.2) is 0 Å². The first kappa shape index (κ1) is 13.5. The van der Waals surface area contributed by atoms with Gasteiger partial charge in [-0.25, -0.2) is 0 Å². The fourth-order valence-electron chi connectivity index (χ4n) is 1.14. The van der Waals surface area contributed by atoms with Gasteiger partial charge in [-0.15, -0.1) is 0 Å². The number of carbonyl (C=O) groups is 1. The fourth-order valence-corrected chi connectivity index (χ4v) is 1.14. The van der Waals surface area contributed by atoms with Crippen molar-refractivity contribution in [2.75, 3.05) is 20.2 Å². The van der Waals surface area contributed by atoms with E-state index in [1.807, 2.05) is 6.92 Å². The molecule has 0 unspecified atom stereocenters. The van der Waals surface area contributed by atoms with Crippen molar-refractivity contribution in [3.8, 4) is 6.07 Å². The predicted molar refractivity (Wildman–Crippen MR) is 57.9 cm³/mol. The van der Waals surface area contributed by atoms with E-state index in [0.29, 0.717) is 12.2 Å². The second-order valence-corrected chi connectivity index (χ2v) is 3.24. The van der Waals surface area contributed by atoms with Gasteiger partial charge in [0.05, 0.1) is 12.7 Å². The fraction of sp³-hybridized carbons (Fsp3) is 0.636. The van der Waals surface area contributed by atoms with Crippen molar-refractivity contribution < 1.29 is 9.53 Å². The maximum Gasteiger partial charge on any atom is 0.325 e. The molecule has 4 heteroatoms. The number of carbonyl (C=O) groups excluding carboxylic acids is 1. The Morgan fingerprint density at radius 1 is 1.53 bits per heavy atom. The molecule has 0 aliphatic rings. The molecule has 0 aliphatic heterocycles. The average molecular weight is 210 g/mol. The highest BCUT2D eigenvalue weighted by Gasteiger charge is 2.04. The third kappa shape index (κ3) is 6.55. The highest BCUT2D eigenvalue weighted by atomic mass is 16.5. The molecule has 0 spiro atoms. The lowest BCUT2D eigenvalue weighted by atomic mass is 10.2. The number of allylic oxidation sites excluding steroid dienone is 1. The lowest BCUT2D eigenvalue weighted by Gasteiger charge is -2.13. The van der Waals surface area contributed by atoms with Gasteiger partial charge in [-0.3, -0.25) is 4.79 Å². The van der Waals surface area contributed by atoms with E-state index >= 15 is 0 Å². The van der Waals surface area contributed by atoms with E-state index in [1.54, 1.807) is 25.1 Å². The Balaban J connectivity index is 4.15. The van der Waals surface area contributed by atoms with Crippen LogP contribution in [0, 0.1) is 11.3 Å². The predicted octanol–water partition coefficient (Wildman–Crippen LogP) is 1.69. The van der Waals surface area contributed by atoms with Crippen LogP contribution in [-0.4, -0.2) is 31.1 Å². The summed E-state index contributed by atoms with van der Waals surface area (Å²) < 4.78 is 4.79. The molecule has 0 saturated carbocycles. The van der Waals surface area contributed by atoms with Gasteiger partial charge in [0.25, 0.3) is 0 Å². The number of rotatable bonds is 6. The van der Waals surface area contributed by atoms with Crippen LogP contribution >= 0.6 is 0 Å². The summed E-state index contributed by atoms with van der Waals surface area (Å²) in [4.78, 5) is 12.8. The summed E-state index contributed by atoms with van der Waals surface area (Å²) in [5.74, 6) is -0.273. The lowest BCUT2D eigenvalue weighted by molar-refractivity contribution is -0.143. The molecule has 0 amide bonds. The third-order valence-corrected chi connectivity index (χ3v) is 1.72. The molecule has 0 aromatic rings. The van der Waals surface area contributed by atoms with Gasteiger partial charge in [0, 0.05) is 18.8 Å². The van der Waals surface area contributed by atoms with E-state index in [-0.39, 0.29) is 12.5 Å². The van der Waals surface area contributed by atoms with Crippen LogP contribution in [0.4, 0.5) is 0 Å². The molecule has 0 fully saturated rings. The maximum absolute atomic E-state index is 11.1. The SMILES string of the molecule is CCCC(C#N)=CN(C)CC(=O)OCC. The zero-order valence-electron chi connectivity index (χ0n) is 9.62. The van der Waals surface area contributed by atoms with Crippen LogP contribution in [0.1, 0.15) is 26.7 Å². The van der Waals surface area contributed by atoms with Crippen LogP contribution < -0.4 is 0 Å². The molecule has 0 rings (SSSR count). The van der Waals surface area contributed by atoms with Crippen LogP contribution in [0.3, 0.4) is 0 Å². The molecule has 0 heterocycles. The molecule has 0 radical (unpaired) electrons. The quantitative estimate of drug-likeness (QED) is 0.494. The molecular weight excluding hydrogens is 192 g/mol. The summed E-state index contributed by atoms with van der Waals surface area (Å²) in [6.45, 7) is 4.35. The number of esters is 1. The first-order valence-corrected chi connectivity index (χ1v) is 5.10. The highest BCUT2D eigenvalue weighted by Crippen LogP contribution is 2.04. The number of hydrogen-bond acceptors (Lipinski definition) is 4. The molecule has 84 valence electrons. The molecule has 4 nitrogen and oxygen atoms in total. The van der Waals surface area contributed by atoms with Crippen molar-refractivity contribution in [1.82, 2.24) is 4.90 Å². The van der Waals surface area contributed by atoms with Crippen molar-refractivity contribution >= 4 is 5.97 Å². The maximum atomic E-state index is 11.1. The molecule has 0 aliphatic carbocycles. The Morgan fingerprint density at radius 3 is 2.67 bits per heavy atom. The van der Waals surface area contributed by atoms with E-state index in [1.165, 1.54) is 0 Å². The van der Waals surface area contributed by atoms with Crippen molar-refractivity contribution in [2.24, 2.45) is 0 Å². The van der Waals surface area contributed by atoms with Crippen molar-refractivity contribution in [3.63, 3.8) is 0 Å². The topological polar surface area (TPSA) is 53.3 Å². The Morgan fingerprint density at radius 2 is 2.20 bits per heavy atom. The number of nitriles is 1. The molecule has 0 aromatic heterocycles. The summed E-state index contributed by atoms with van der Waals surface area (Å²) in [5.41, 5.74) is 0.685. The Kier molecular flexibility index (Phi) is 7.08. The third-order valence-electron chi connectivity index (χ3n) is 1.72. The van der Waals surface area contributed by atoms with Crippen LogP contribution in [0.15, 0.2) is 11.8 Å². The Bertz CT molecular complexity index is 266. The van der Waals surface area contributed by atoms with Crippen LogP contribution in [-0.2, 0) is 9.53 Å². The molecule has 0 N–H and O–H groups in total. The van der Waals surface area contributed by atoms with E-state index in [4.69, 9.17) is 10.00 Å². The van der Waals surface area contributed by atoms with Crippen LogP contribution in [0.2, 0.25) is 0 Å². The van der Waals surface area contributed by atoms with Gasteiger partial charge in [0.2, 0.25) is 0 Å². The molecule has 0 saturated heterocycles. The summed E-state index contributed by atoms with van der Waals surface area (Å²) >= 11 is 0. The molecule has 0 atom stereocenters. The van der Waals surface area contributed by atoms with Gasteiger partial charge in [0.1, 0.15) is 6.54 Å². The van der Waals surface area contributed by atoms with Gasteiger partial charge >= 0.3 is 5.97 Å². The number of nitrogens with zero attached hydrogens (tertiary/aromatic N) is 2. The Hall–Kier alpha value is -1.50. The summed E-state index contributed by atoms with van der Waals surface area (Å²) in [5, 5.41) is 8.78. The molecule has 15 heavy (non-hydrogen) atoms. The minimum Gasteiger partial charge on any atom is -0.465 e. The normalized spacial score (nSPS) is 10.7. The first-order valence-electron chi connectivity index (χ1n) is 5.10. The lowest BCUT2D eigenvalue weighted by Crippen LogP contribution is -2.23. The Labute approximate surface area is 91.1 Å². The zero-order chi connectivity index (χ0) is 11.7. The van der Waals surface area contributed by atoms with E-state index < -0.39 is 0 Å². The first-order chi connectivity index (χ1) is 7.13. The second kappa shape index (κ2) is 7.86. The van der Waals surface area contributed by atoms with Crippen LogP contribution in [0.25, 0.3) is 0 Å². The van der Waals surface area contributed by atoms with Crippen molar-refractivity contribution in [1.29, 1.82) is 5.26 Å². The zero-order valence-corrected chi connectivity index (χ0v) is 9.62. The largest absolute Gasteiger partial charge is 0.465 e. The van der Waals surface area contributed by atoms with Gasteiger partial charge < -0.3 is 9.64 Å². The van der Waals surface area contributed by atoms with Crippen LogP contribution in [0.5, 0.6) is 0 Å². The second-order valence-electron chi connectivity index (χ2n) is 3.24. The summed E-state index contributed by atoms with van der Waals surface area (Å²) in [6, 6.07) is 2.11. The minimum atomic E-state index is -0.273. The molecule has 0 bridgehead atoms. The van der Waals surface area contributed by atoms with Gasteiger partial charge in [-0.2, -0.15) is 5.26 Å². The van der Waals surface area contributed by atoms with E-state index in [0.717, 1.165) is 12.8 Å². The smallest absolute Gasteiger partial charge is 0.325 e.